The molecule has 0 aliphatic heterocycles. The van der Waals surface area contributed by atoms with E-state index >= 15 is 0 Å². The molecule has 0 amide bonds. The van der Waals surface area contributed by atoms with Gasteiger partial charge in [-0.2, -0.15) is 0 Å². The van der Waals surface area contributed by atoms with Crippen molar-refractivity contribution in [1.82, 2.24) is 0 Å². The number of hydrogen-bond donors (Lipinski definition) is 2. The van der Waals surface area contributed by atoms with Crippen LogP contribution in [0.25, 0.3) is 0 Å². The molecule has 0 saturated heterocycles. The van der Waals surface area contributed by atoms with E-state index in [0.29, 0.717) is 36.3 Å². The van der Waals surface area contributed by atoms with Gasteiger partial charge in [0, 0.05) is 36.3 Å². The lowest BCUT2D eigenvalue weighted by molar-refractivity contribution is 0.344. The maximum atomic E-state index is 6.37. The third-order valence-corrected chi connectivity index (χ3v) is 6.16. The zero-order chi connectivity index (χ0) is 23.1. The second kappa shape index (κ2) is 11.9. The molecule has 32 heavy (non-hydrogen) atoms. The Kier molecular flexibility index (Phi) is 9.23. The van der Waals surface area contributed by atoms with Gasteiger partial charge in [-0.3, -0.25) is 0 Å². The Morgan fingerprint density at radius 1 is 0.625 bits per heavy atom. The zero-order valence-electron chi connectivity index (χ0n) is 18.5. The van der Waals surface area contributed by atoms with Crippen molar-refractivity contribution >= 4 is 58.9 Å². The molecule has 0 saturated carbocycles. The molecule has 0 unspecified atom stereocenters. The third kappa shape index (κ3) is 6.16. The van der Waals surface area contributed by atoms with Crippen LogP contribution in [0.3, 0.4) is 0 Å². The van der Waals surface area contributed by atoms with Gasteiger partial charge in [0.15, 0.2) is 0 Å². The molecule has 0 fully saturated rings. The SMILES string of the molecule is Cc1ccc(B(OCCN)c2ccc(B(OCCN)c3ccc(C)c(Cl)c3)cc2)cc1Cl. The smallest absolute Gasteiger partial charge is 0.361 e. The van der Waals surface area contributed by atoms with Crippen LogP contribution in [0.5, 0.6) is 0 Å². The van der Waals surface area contributed by atoms with Crippen molar-refractivity contribution in [2.24, 2.45) is 11.5 Å². The molecule has 0 bridgehead atoms. The molecular formula is C24H28B2Cl2N2O2. The summed E-state index contributed by atoms with van der Waals surface area (Å²) in [5.41, 5.74) is 17.5. The van der Waals surface area contributed by atoms with Crippen LogP contribution in [-0.4, -0.2) is 40.1 Å². The Morgan fingerprint density at radius 3 is 1.28 bits per heavy atom. The van der Waals surface area contributed by atoms with Crippen LogP contribution in [0.15, 0.2) is 60.7 Å². The molecule has 8 heteroatoms. The van der Waals surface area contributed by atoms with E-state index in [9.17, 15) is 0 Å². The minimum Gasteiger partial charge on any atom is -0.426 e. The molecular weight excluding hydrogens is 441 g/mol. The van der Waals surface area contributed by atoms with Crippen LogP contribution >= 0.6 is 23.2 Å². The van der Waals surface area contributed by atoms with Crippen molar-refractivity contribution in [2.75, 3.05) is 26.3 Å². The van der Waals surface area contributed by atoms with E-state index in [2.05, 4.69) is 24.3 Å². The second-order valence-corrected chi connectivity index (χ2v) is 8.58. The van der Waals surface area contributed by atoms with Gasteiger partial charge in [0.05, 0.1) is 0 Å². The van der Waals surface area contributed by atoms with Gasteiger partial charge in [-0.1, -0.05) is 71.7 Å². The van der Waals surface area contributed by atoms with E-state index in [1.54, 1.807) is 0 Å². The van der Waals surface area contributed by atoms with Crippen molar-refractivity contribution < 1.29 is 9.31 Å². The van der Waals surface area contributed by atoms with Crippen molar-refractivity contribution in [2.45, 2.75) is 13.8 Å². The average Bonchev–Trinajstić information content (AvgIpc) is 2.79. The molecule has 4 nitrogen and oxygen atoms in total. The van der Waals surface area contributed by atoms with Crippen LogP contribution in [0.4, 0.5) is 0 Å². The molecule has 166 valence electrons. The van der Waals surface area contributed by atoms with Gasteiger partial charge in [-0.25, -0.2) is 0 Å². The number of aryl methyl sites for hydroxylation is 2. The maximum Gasteiger partial charge on any atom is 0.361 e. The van der Waals surface area contributed by atoms with Crippen molar-refractivity contribution in [1.29, 1.82) is 0 Å². The highest BCUT2D eigenvalue weighted by molar-refractivity contribution is 6.81. The zero-order valence-corrected chi connectivity index (χ0v) is 20.0. The lowest BCUT2D eigenvalue weighted by Crippen LogP contribution is -2.49. The predicted octanol–water partition coefficient (Wildman–Crippen LogP) is 1.77. The molecule has 0 spiro atoms. The molecule has 0 heterocycles. The summed E-state index contributed by atoms with van der Waals surface area (Å²) in [6, 6.07) is 20.2. The van der Waals surface area contributed by atoms with Gasteiger partial charge in [0.25, 0.3) is 0 Å². The highest BCUT2D eigenvalue weighted by Crippen LogP contribution is 2.14. The van der Waals surface area contributed by atoms with Crippen LogP contribution in [-0.2, 0) is 9.31 Å². The summed E-state index contributed by atoms with van der Waals surface area (Å²) in [6.07, 6.45) is 0. The largest absolute Gasteiger partial charge is 0.426 e. The molecule has 0 aliphatic rings. The van der Waals surface area contributed by atoms with E-state index in [-0.39, 0.29) is 13.8 Å². The van der Waals surface area contributed by atoms with E-state index in [1.165, 1.54) is 0 Å². The first kappa shape index (κ1) is 24.8. The van der Waals surface area contributed by atoms with Gasteiger partial charge in [0.1, 0.15) is 0 Å². The Balaban J connectivity index is 1.93. The highest BCUT2D eigenvalue weighted by Gasteiger charge is 2.25. The van der Waals surface area contributed by atoms with Gasteiger partial charge < -0.3 is 20.8 Å². The molecule has 3 aromatic carbocycles. The van der Waals surface area contributed by atoms with E-state index in [0.717, 1.165) is 33.0 Å². The number of halogens is 2. The molecule has 0 aliphatic carbocycles. The fourth-order valence-corrected chi connectivity index (χ4v) is 3.91. The monoisotopic (exact) mass is 468 g/mol. The van der Waals surface area contributed by atoms with Crippen LogP contribution < -0.4 is 33.3 Å². The summed E-state index contributed by atoms with van der Waals surface area (Å²) in [7, 11) is 0. The Hall–Kier alpha value is -1.79. The Morgan fingerprint density at radius 2 is 0.969 bits per heavy atom. The van der Waals surface area contributed by atoms with E-state index in [1.807, 2.05) is 50.2 Å². The van der Waals surface area contributed by atoms with Crippen molar-refractivity contribution in [3.63, 3.8) is 0 Å². The average molecular weight is 469 g/mol. The van der Waals surface area contributed by atoms with Gasteiger partial charge in [0.2, 0.25) is 0 Å². The topological polar surface area (TPSA) is 70.5 Å². The standard InChI is InChI=1S/C24H28B2Cl2N2O2/c1-17-3-5-21(15-23(17)27)25(31-13-11-29)19-7-9-20(10-8-19)26(32-14-12-30)22-6-4-18(2)24(28)16-22/h3-10,15-16H,11-14,29-30H2,1-2H3. The first-order valence-electron chi connectivity index (χ1n) is 10.7. The lowest BCUT2D eigenvalue weighted by atomic mass is 9.52. The normalized spacial score (nSPS) is 10.9. The molecule has 0 aromatic heterocycles. The minimum absolute atomic E-state index is 0.261. The number of benzene rings is 3. The minimum atomic E-state index is -0.261. The quantitative estimate of drug-likeness (QED) is 0.445. The molecule has 3 aromatic rings. The molecule has 4 N–H and O–H groups in total. The van der Waals surface area contributed by atoms with Crippen LogP contribution in [0.1, 0.15) is 11.1 Å². The lowest BCUT2D eigenvalue weighted by Gasteiger charge is -2.18. The first-order valence-corrected chi connectivity index (χ1v) is 11.5. The van der Waals surface area contributed by atoms with Crippen LogP contribution in [0, 0.1) is 13.8 Å². The van der Waals surface area contributed by atoms with Crippen LogP contribution in [0.2, 0.25) is 10.0 Å². The van der Waals surface area contributed by atoms with Crippen molar-refractivity contribution in [3.05, 3.63) is 81.8 Å². The maximum absolute atomic E-state index is 6.37. The summed E-state index contributed by atoms with van der Waals surface area (Å²) in [5.74, 6) is 0. The summed E-state index contributed by atoms with van der Waals surface area (Å²) < 4.78 is 12.2. The fraction of sp³-hybridized carbons (Fsp3) is 0.250. The van der Waals surface area contributed by atoms with Crippen molar-refractivity contribution in [3.8, 4) is 0 Å². The van der Waals surface area contributed by atoms with Gasteiger partial charge in [-0.05, 0) is 59.0 Å². The summed E-state index contributed by atoms with van der Waals surface area (Å²) in [4.78, 5) is 0. The van der Waals surface area contributed by atoms with E-state index in [4.69, 9.17) is 44.0 Å². The molecule has 0 radical (unpaired) electrons. The summed E-state index contributed by atoms with van der Waals surface area (Å²) in [6.45, 7) is 5.22. The number of hydrogen-bond acceptors (Lipinski definition) is 4. The number of rotatable bonds is 10. The van der Waals surface area contributed by atoms with Gasteiger partial charge in [-0.15, -0.1) is 0 Å². The molecule has 3 rings (SSSR count). The van der Waals surface area contributed by atoms with E-state index < -0.39 is 0 Å². The summed E-state index contributed by atoms with van der Waals surface area (Å²) in [5, 5.41) is 1.43. The summed E-state index contributed by atoms with van der Waals surface area (Å²) >= 11 is 12.7. The Labute approximate surface area is 201 Å². The fourth-order valence-electron chi connectivity index (χ4n) is 3.53. The molecule has 0 atom stereocenters. The first-order chi connectivity index (χ1) is 15.4. The second-order valence-electron chi connectivity index (χ2n) is 7.76. The Bertz CT molecular complexity index is 953. The predicted molar refractivity (Wildman–Crippen MR) is 139 cm³/mol. The number of nitrogens with two attached hydrogens (primary N) is 2. The van der Waals surface area contributed by atoms with Gasteiger partial charge >= 0.3 is 13.8 Å². The highest BCUT2D eigenvalue weighted by atomic mass is 35.5. The third-order valence-electron chi connectivity index (χ3n) is 5.34.